The van der Waals surface area contributed by atoms with Crippen molar-refractivity contribution in [3.05, 3.63) is 111 Å². The van der Waals surface area contributed by atoms with Crippen molar-refractivity contribution in [3.63, 3.8) is 0 Å². The summed E-state index contributed by atoms with van der Waals surface area (Å²) in [6, 6.07) is 14.0. The van der Waals surface area contributed by atoms with Gasteiger partial charge in [-0.15, -0.1) is 0 Å². The fraction of sp³-hybridized carbons (Fsp3) is 0.258. The number of hydrogen-bond acceptors (Lipinski definition) is 5. The molecule has 1 aromatic heterocycles. The number of hydrogen-bond donors (Lipinski definition) is 4. The van der Waals surface area contributed by atoms with E-state index >= 15 is 0 Å². The number of carbonyl (C=O) groups excluding carboxylic acids is 2. The summed E-state index contributed by atoms with van der Waals surface area (Å²) < 4.78 is 0. The Kier molecular flexibility index (Phi) is 7.65. The van der Waals surface area contributed by atoms with E-state index in [2.05, 4.69) is 22.1 Å². The summed E-state index contributed by atoms with van der Waals surface area (Å²) >= 11 is 6.81. The molecule has 40 heavy (non-hydrogen) atoms. The third kappa shape index (κ3) is 5.46. The van der Waals surface area contributed by atoms with Crippen LogP contribution < -0.4 is 5.32 Å². The van der Waals surface area contributed by atoms with Crippen molar-refractivity contribution in [1.82, 2.24) is 20.4 Å². The molecule has 0 bridgehead atoms. The molecule has 0 fully saturated rings. The lowest BCUT2D eigenvalue weighted by atomic mass is 9.92. The predicted octanol–water partition coefficient (Wildman–Crippen LogP) is 5.19. The summed E-state index contributed by atoms with van der Waals surface area (Å²) in [6.45, 7) is 7.99. The second kappa shape index (κ2) is 11.2. The largest absolute Gasteiger partial charge is 0.511 e. The first-order valence-electron chi connectivity index (χ1n) is 13.1. The van der Waals surface area contributed by atoms with E-state index in [1.807, 2.05) is 43.3 Å². The lowest BCUT2D eigenvalue weighted by molar-refractivity contribution is 0.0734. The topological polar surface area (TPSA) is 119 Å². The van der Waals surface area contributed by atoms with Gasteiger partial charge in [-0.2, -0.15) is 5.10 Å². The Morgan fingerprint density at radius 3 is 2.77 bits per heavy atom. The molecular weight excluding hydrogens is 528 g/mol. The van der Waals surface area contributed by atoms with Gasteiger partial charge in [0.1, 0.15) is 5.76 Å². The van der Waals surface area contributed by atoms with Crippen LogP contribution >= 0.6 is 11.6 Å². The number of aliphatic hydroxyl groups is 2. The van der Waals surface area contributed by atoms with Crippen LogP contribution in [0.3, 0.4) is 0 Å². The monoisotopic (exact) mass is 558 g/mol. The Morgan fingerprint density at radius 1 is 1.23 bits per heavy atom. The standard InChI is InChI=1S/C31H31ClN4O4/c1-17-11-24-16-36(31(40)22-7-8-23-15-33-35-27(23)14-22)10-9-25(24)29(32)28(17)30(39)34-26(19(3)38)13-20-5-4-6-21(12-20)18(2)37/h4-8,11-12,14-15,18,26,37-38H,3,9-10,13,16H2,1-2H3,(H,33,35)(H,34,39)/t18-,26-/m0/s1. The number of carbonyl (C=O) groups is 2. The van der Waals surface area contributed by atoms with Crippen LogP contribution in [0.1, 0.15) is 61.6 Å². The van der Waals surface area contributed by atoms with Gasteiger partial charge >= 0.3 is 0 Å². The van der Waals surface area contributed by atoms with Gasteiger partial charge in [0.25, 0.3) is 11.8 Å². The van der Waals surface area contributed by atoms with Crippen LogP contribution in [0.25, 0.3) is 10.9 Å². The molecule has 0 radical (unpaired) electrons. The number of fused-ring (bicyclic) bond motifs is 2. The zero-order valence-corrected chi connectivity index (χ0v) is 23.1. The predicted molar refractivity (Wildman–Crippen MR) is 155 cm³/mol. The number of aryl methyl sites for hydroxylation is 1. The molecular formula is C31H31ClN4O4. The number of rotatable bonds is 7. The van der Waals surface area contributed by atoms with E-state index in [4.69, 9.17) is 11.6 Å². The maximum Gasteiger partial charge on any atom is 0.254 e. The molecule has 1 aliphatic rings. The van der Waals surface area contributed by atoms with Gasteiger partial charge in [0, 0.05) is 24.0 Å². The molecule has 9 heteroatoms. The third-order valence-electron chi connectivity index (χ3n) is 7.43. The highest BCUT2D eigenvalue weighted by molar-refractivity contribution is 6.35. The lowest BCUT2D eigenvalue weighted by Gasteiger charge is -2.31. The molecule has 0 aliphatic carbocycles. The fourth-order valence-electron chi connectivity index (χ4n) is 5.23. The van der Waals surface area contributed by atoms with E-state index in [1.54, 1.807) is 30.2 Å². The third-order valence-corrected chi connectivity index (χ3v) is 7.85. The normalized spacial score (nSPS) is 14.4. The minimum atomic E-state index is -0.747. The highest BCUT2D eigenvalue weighted by Gasteiger charge is 2.28. The number of aliphatic hydroxyl groups excluding tert-OH is 2. The van der Waals surface area contributed by atoms with Gasteiger partial charge in [0.2, 0.25) is 0 Å². The maximum absolute atomic E-state index is 13.4. The molecule has 2 amide bonds. The lowest BCUT2D eigenvalue weighted by Crippen LogP contribution is -2.39. The van der Waals surface area contributed by atoms with Crippen molar-refractivity contribution in [1.29, 1.82) is 0 Å². The Morgan fingerprint density at radius 2 is 2.02 bits per heavy atom. The van der Waals surface area contributed by atoms with E-state index in [0.29, 0.717) is 47.6 Å². The fourth-order valence-corrected chi connectivity index (χ4v) is 5.68. The van der Waals surface area contributed by atoms with Crippen LogP contribution in [0.15, 0.2) is 67.1 Å². The van der Waals surface area contributed by atoms with Crippen LogP contribution in [0.5, 0.6) is 0 Å². The summed E-state index contributed by atoms with van der Waals surface area (Å²) in [5.41, 5.74) is 5.72. The zero-order valence-electron chi connectivity index (χ0n) is 22.4. The highest BCUT2D eigenvalue weighted by Crippen LogP contribution is 2.33. The number of H-pyrrole nitrogens is 1. The number of aromatic nitrogens is 2. The summed E-state index contributed by atoms with van der Waals surface area (Å²) in [5.74, 6) is -0.671. The molecule has 0 spiro atoms. The van der Waals surface area contributed by atoms with E-state index in [-0.39, 0.29) is 11.7 Å². The second-order valence-electron chi connectivity index (χ2n) is 10.3. The van der Waals surface area contributed by atoms with Crippen LogP contribution in [-0.2, 0) is 19.4 Å². The first-order chi connectivity index (χ1) is 19.1. The van der Waals surface area contributed by atoms with Gasteiger partial charge in [-0.05, 0) is 66.6 Å². The number of amides is 2. The molecule has 206 valence electrons. The number of nitrogens with zero attached hydrogens (tertiary/aromatic N) is 2. The van der Waals surface area contributed by atoms with Crippen molar-refractivity contribution in [2.24, 2.45) is 0 Å². The molecule has 2 atom stereocenters. The molecule has 4 aromatic rings. The van der Waals surface area contributed by atoms with E-state index in [9.17, 15) is 19.8 Å². The second-order valence-corrected chi connectivity index (χ2v) is 10.7. The van der Waals surface area contributed by atoms with Gasteiger partial charge in [-0.1, -0.05) is 54.6 Å². The van der Waals surface area contributed by atoms with Crippen LogP contribution in [-0.4, -0.2) is 49.7 Å². The average Bonchev–Trinajstić information content (AvgIpc) is 3.40. The van der Waals surface area contributed by atoms with Crippen molar-refractivity contribution in [3.8, 4) is 0 Å². The number of aromatic amines is 1. The maximum atomic E-state index is 13.4. The highest BCUT2D eigenvalue weighted by atomic mass is 35.5. The number of nitrogens with one attached hydrogen (secondary N) is 2. The van der Waals surface area contributed by atoms with E-state index in [0.717, 1.165) is 33.2 Å². The van der Waals surface area contributed by atoms with Gasteiger partial charge in [-0.25, -0.2) is 0 Å². The molecule has 5 rings (SSSR count). The van der Waals surface area contributed by atoms with Crippen LogP contribution in [0.2, 0.25) is 5.02 Å². The van der Waals surface area contributed by atoms with Crippen LogP contribution in [0.4, 0.5) is 0 Å². The molecule has 4 N–H and O–H groups in total. The van der Waals surface area contributed by atoms with Gasteiger partial charge in [-0.3, -0.25) is 14.7 Å². The Labute approximate surface area is 237 Å². The van der Waals surface area contributed by atoms with Crippen molar-refractivity contribution >= 4 is 34.3 Å². The van der Waals surface area contributed by atoms with Crippen molar-refractivity contribution < 1.29 is 19.8 Å². The van der Waals surface area contributed by atoms with Gasteiger partial charge in [0.05, 0.1) is 34.4 Å². The van der Waals surface area contributed by atoms with Gasteiger partial charge < -0.3 is 20.4 Å². The summed E-state index contributed by atoms with van der Waals surface area (Å²) in [4.78, 5) is 28.5. The minimum Gasteiger partial charge on any atom is -0.511 e. The molecule has 2 heterocycles. The minimum absolute atomic E-state index is 0.0818. The quantitative estimate of drug-likeness (QED) is 0.233. The Balaban J connectivity index is 1.34. The summed E-state index contributed by atoms with van der Waals surface area (Å²) in [6.07, 6.45) is 1.89. The smallest absolute Gasteiger partial charge is 0.254 e. The number of halogens is 1. The molecule has 1 aliphatic heterocycles. The SMILES string of the molecule is C=C(O)[C@H](Cc1cccc([C@H](C)O)c1)NC(=O)c1c(C)cc2c(c1Cl)CCN(C(=O)c1ccc3cn[nH]c3c1)C2. The number of benzene rings is 3. The van der Waals surface area contributed by atoms with E-state index in [1.165, 1.54) is 0 Å². The van der Waals surface area contributed by atoms with Crippen molar-refractivity contribution in [2.45, 2.75) is 45.4 Å². The van der Waals surface area contributed by atoms with E-state index < -0.39 is 18.1 Å². The first-order valence-corrected chi connectivity index (χ1v) is 13.5. The Hall–Kier alpha value is -4.14. The van der Waals surface area contributed by atoms with Gasteiger partial charge in [0.15, 0.2) is 0 Å². The summed E-state index contributed by atoms with van der Waals surface area (Å²) in [5, 5.41) is 31.3. The molecule has 0 saturated heterocycles. The Bertz CT molecular complexity index is 1630. The average molecular weight is 559 g/mol. The van der Waals surface area contributed by atoms with Crippen LogP contribution in [0, 0.1) is 6.92 Å². The molecule has 0 saturated carbocycles. The molecule has 8 nitrogen and oxygen atoms in total. The summed E-state index contributed by atoms with van der Waals surface area (Å²) in [7, 11) is 0. The first kappa shape index (κ1) is 27.4. The molecule has 0 unspecified atom stereocenters. The van der Waals surface area contributed by atoms with Crippen molar-refractivity contribution in [2.75, 3.05) is 6.54 Å². The molecule has 3 aromatic carbocycles. The zero-order chi connectivity index (χ0) is 28.6.